The maximum Gasteiger partial charge on any atom is 0.166 e. The van der Waals surface area contributed by atoms with Crippen molar-refractivity contribution in [2.24, 2.45) is 5.92 Å². The number of halogens is 3. The normalized spacial score (nSPS) is 18.1. The summed E-state index contributed by atoms with van der Waals surface area (Å²) in [5, 5.41) is 0. The van der Waals surface area contributed by atoms with E-state index in [1.165, 1.54) is 38.5 Å². The maximum absolute atomic E-state index is 15.1. The molecule has 0 N–H and O–H groups in total. The fraction of sp³-hybridized carbons (Fsp3) is 0.438. The molecule has 0 atom stereocenters. The molecule has 1 aliphatic rings. The van der Waals surface area contributed by atoms with E-state index >= 15 is 4.39 Å². The average Bonchev–Trinajstić information content (AvgIpc) is 2.88. The molecular weight excluding hydrogens is 441 g/mol. The molecule has 0 radical (unpaired) electrons. The summed E-state index contributed by atoms with van der Waals surface area (Å²) >= 11 is 0. The zero-order valence-corrected chi connectivity index (χ0v) is 21.1. The molecule has 3 aromatic rings. The van der Waals surface area contributed by atoms with Gasteiger partial charge in [-0.05, 0) is 72.3 Å². The molecule has 1 saturated carbocycles. The Balaban J connectivity index is 1.45. The van der Waals surface area contributed by atoms with E-state index in [0.717, 1.165) is 36.3 Å². The molecule has 0 aromatic heterocycles. The first kappa shape index (κ1) is 25.5. The van der Waals surface area contributed by atoms with Gasteiger partial charge >= 0.3 is 0 Å². The standard InChI is InChI=1S/C32H37F3/c1-3-5-6-8-22-9-11-23(12-10-22)27-18-19-28(30(33)21-27)24-13-15-25(16-14-24)29-20-17-26(7-4-2)31(34)32(29)35/h13-23H,3-12H2,1-2H3. The first-order valence-corrected chi connectivity index (χ1v) is 13.4. The van der Waals surface area contributed by atoms with E-state index in [4.69, 9.17) is 0 Å². The third kappa shape index (κ3) is 6.00. The zero-order chi connectivity index (χ0) is 24.8. The molecule has 0 bridgehead atoms. The van der Waals surface area contributed by atoms with Gasteiger partial charge in [0.2, 0.25) is 0 Å². The van der Waals surface area contributed by atoms with E-state index in [-0.39, 0.29) is 11.4 Å². The quantitative estimate of drug-likeness (QED) is 0.268. The highest BCUT2D eigenvalue weighted by molar-refractivity contribution is 5.71. The number of rotatable bonds is 9. The smallest absolute Gasteiger partial charge is 0.166 e. The molecule has 0 unspecified atom stereocenters. The minimum absolute atomic E-state index is 0.221. The lowest BCUT2D eigenvalue weighted by molar-refractivity contribution is 0.302. The Labute approximate surface area is 208 Å². The van der Waals surface area contributed by atoms with Gasteiger partial charge in [0.15, 0.2) is 11.6 Å². The Morgan fingerprint density at radius 2 is 1.34 bits per heavy atom. The van der Waals surface area contributed by atoms with E-state index in [1.54, 1.807) is 42.5 Å². The van der Waals surface area contributed by atoms with Crippen molar-refractivity contribution >= 4 is 0 Å². The zero-order valence-electron chi connectivity index (χ0n) is 21.1. The number of benzene rings is 3. The van der Waals surface area contributed by atoms with Gasteiger partial charge in [0.25, 0.3) is 0 Å². The molecule has 3 heteroatoms. The van der Waals surface area contributed by atoms with E-state index in [0.29, 0.717) is 29.0 Å². The summed E-state index contributed by atoms with van der Waals surface area (Å²) in [6.07, 6.45) is 11.3. The Kier molecular flexibility index (Phi) is 8.70. The third-order valence-corrected chi connectivity index (χ3v) is 7.72. The molecule has 1 fully saturated rings. The van der Waals surface area contributed by atoms with Crippen LogP contribution in [0, 0.1) is 23.4 Å². The Morgan fingerprint density at radius 1 is 0.686 bits per heavy atom. The number of aryl methyl sites for hydroxylation is 1. The van der Waals surface area contributed by atoms with Crippen molar-refractivity contribution in [3.8, 4) is 22.3 Å². The van der Waals surface area contributed by atoms with Gasteiger partial charge in [-0.15, -0.1) is 0 Å². The fourth-order valence-electron chi connectivity index (χ4n) is 5.59. The molecule has 0 nitrogen and oxygen atoms in total. The lowest BCUT2D eigenvalue weighted by atomic mass is 9.77. The van der Waals surface area contributed by atoms with E-state index in [9.17, 15) is 8.78 Å². The van der Waals surface area contributed by atoms with Crippen molar-refractivity contribution in [1.82, 2.24) is 0 Å². The van der Waals surface area contributed by atoms with Crippen molar-refractivity contribution in [1.29, 1.82) is 0 Å². The SMILES string of the molecule is CCCCCC1CCC(c2ccc(-c3ccc(-c4ccc(CCC)c(F)c4F)cc3)c(F)c2)CC1. The molecular formula is C32H37F3. The van der Waals surface area contributed by atoms with Gasteiger partial charge in [-0.1, -0.05) is 94.5 Å². The van der Waals surface area contributed by atoms with Crippen LogP contribution in [0.1, 0.15) is 88.7 Å². The second-order valence-corrected chi connectivity index (χ2v) is 10.2. The highest BCUT2D eigenvalue weighted by Crippen LogP contribution is 2.39. The Bertz CT molecular complexity index is 1110. The van der Waals surface area contributed by atoms with Crippen LogP contribution in [0.2, 0.25) is 0 Å². The van der Waals surface area contributed by atoms with E-state index in [2.05, 4.69) is 13.0 Å². The summed E-state index contributed by atoms with van der Waals surface area (Å²) in [5.74, 6) is -0.538. The largest absolute Gasteiger partial charge is 0.206 e. The predicted octanol–water partition coefficient (Wildman–Crippen LogP) is 10.2. The second kappa shape index (κ2) is 11.9. The highest BCUT2D eigenvalue weighted by Gasteiger charge is 2.23. The molecule has 0 heterocycles. The predicted molar refractivity (Wildman–Crippen MR) is 140 cm³/mol. The van der Waals surface area contributed by atoms with Gasteiger partial charge in [0.1, 0.15) is 5.82 Å². The molecule has 0 saturated heterocycles. The van der Waals surface area contributed by atoms with E-state index in [1.807, 2.05) is 13.0 Å². The van der Waals surface area contributed by atoms with Gasteiger partial charge < -0.3 is 0 Å². The first-order valence-electron chi connectivity index (χ1n) is 13.4. The summed E-state index contributed by atoms with van der Waals surface area (Å²) in [6.45, 7) is 4.19. The highest BCUT2D eigenvalue weighted by atomic mass is 19.2. The van der Waals surface area contributed by atoms with Crippen LogP contribution in [0.5, 0.6) is 0 Å². The molecule has 0 spiro atoms. The van der Waals surface area contributed by atoms with Gasteiger partial charge in [0, 0.05) is 11.1 Å². The fourth-order valence-corrected chi connectivity index (χ4v) is 5.59. The summed E-state index contributed by atoms with van der Waals surface area (Å²) < 4.78 is 44.2. The minimum atomic E-state index is -0.820. The van der Waals surface area contributed by atoms with Crippen LogP contribution in [0.25, 0.3) is 22.3 Å². The summed E-state index contributed by atoms with van der Waals surface area (Å²) in [5.41, 5.74) is 3.59. The van der Waals surface area contributed by atoms with Crippen molar-refractivity contribution in [2.45, 2.75) is 84.0 Å². The Morgan fingerprint density at radius 3 is 1.97 bits per heavy atom. The van der Waals surface area contributed by atoms with Crippen molar-refractivity contribution in [3.05, 3.63) is 83.2 Å². The molecule has 186 valence electrons. The van der Waals surface area contributed by atoms with Crippen LogP contribution in [0.4, 0.5) is 13.2 Å². The number of hydrogen-bond donors (Lipinski definition) is 0. The number of hydrogen-bond acceptors (Lipinski definition) is 0. The van der Waals surface area contributed by atoms with Crippen LogP contribution in [0.15, 0.2) is 54.6 Å². The minimum Gasteiger partial charge on any atom is -0.206 e. The third-order valence-electron chi connectivity index (χ3n) is 7.72. The molecule has 0 aliphatic heterocycles. The average molecular weight is 479 g/mol. The van der Waals surface area contributed by atoms with Gasteiger partial charge in [-0.25, -0.2) is 13.2 Å². The summed E-state index contributed by atoms with van der Waals surface area (Å²) in [4.78, 5) is 0. The van der Waals surface area contributed by atoms with Crippen LogP contribution >= 0.6 is 0 Å². The maximum atomic E-state index is 15.1. The van der Waals surface area contributed by atoms with Crippen LogP contribution in [-0.4, -0.2) is 0 Å². The topological polar surface area (TPSA) is 0 Å². The summed E-state index contributed by atoms with van der Waals surface area (Å²) in [6, 6.07) is 16.0. The van der Waals surface area contributed by atoms with Crippen molar-refractivity contribution in [3.63, 3.8) is 0 Å². The first-order chi connectivity index (χ1) is 17.0. The van der Waals surface area contributed by atoms with Crippen molar-refractivity contribution < 1.29 is 13.2 Å². The van der Waals surface area contributed by atoms with E-state index < -0.39 is 11.6 Å². The van der Waals surface area contributed by atoms with Gasteiger partial charge in [0.05, 0.1) is 0 Å². The van der Waals surface area contributed by atoms with Crippen LogP contribution in [-0.2, 0) is 6.42 Å². The monoisotopic (exact) mass is 478 g/mol. The molecule has 3 aromatic carbocycles. The lowest BCUT2D eigenvalue weighted by Gasteiger charge is -2.29. The molecule has 0 amide bonds. The molecule has 35 heavy (non-hydrogen) atoms. The second-order valence-electron chi connectivity index (χ2n) is 10.2. The van der Waals surface area contributed by atoms with Crippen molar-refractivity contribution in [2.75, 3.05) is 0 Å². The lowest BCUT2D eigenvalue weighted by Crippen LogP contribution is -2.13. The summed E-state index contributed by atoms with van der Waals surface area (Å²) in [7, 11) is 0. The van der Waals surface area contributed by atoms with Crippen LogP contribution in [0.3, 0.4) is 0 Å². The molecule has 4 rings (SSSR count). The number of unbranched alkanes of at least 4 members (excludes halogenated alkanes) is 2. The Hall–Kier alpha value is -2.55. The van der Waals surface area contributed by atoms with Gasteiger partial charge in [-0.3, -0.25) is 0 Å². The van der Waals surface area contributed by atoms with Gasteiger partial charge in [-0.2, -0.15) is 0 Å². The molecule has 1 aliphatic carbocycles. The van der Waals surface area contributed by atoms with Crippen LogP contribution < -0.4 is 0 Å².